The van der Waals surface area contributed by atoms with Crippen LogP contribution in [0.3, 0.4) is 0 Å². The van der Waals surface area contributed by atoms with Gasteiger partial charge >= 0.3 is 0 Å². The number of benzene rings is 2. The van der Waals surface area contributed by atoms with Crippen LogP contribution in [0.4, 0.5) is 8.78 Å². The van der Waals surface area contributed by atoms with E-state index >= 15 is 0 Å². The summed E-state index contributed by atoms with van der Waals surface area (Å²) in [5, 5.41) is 0. The molecule has 0 fully saturated rings. The Kier molecular flexibility index (Phi) is 5.69. The summed E-state index contributed by atoms with van der Waals surface area (Å²) in [6.45, 7) is 7.62. The molecular formula is C21H26F2N2O. The minimum absolute atomic E-state index is 0.325. The Labute approximate surface area is 153 Å². The SMILES string of the molecule is CC[C@](C)(N=C(N)C(C)(C)c1cccc(OC)c1)c1ccc(F)cc1F. The maximum atomic E-state index is 14.3. The van der Waals surface area contributed by atoms with Crippen LogP contribution >= 0.6 is 0 Å². The summed E-state index contributed by atoms with van der Waals surface area (Å²) in [5.74, 6) is -0.131. The molecule has 0 unspecified atom stereocenters. The van der Waals surface area contributed by atoms with Crippen molar-refractivity contribution in [3.05, 3.63) is 65.2 Å². The van der Waals surface area contributed by atoms with Crippen LogP contribution in [-0.4, -0.2) is 12.9 Å². The highest BCUT2D eigenvalue weighted by molar-refractivity contribution is 5.91. The molecule has 0 radical (unpaired) electrons. The Morgan fingerprint density at radius 2 is 1.81 bits per heavy atom. The maximum absolute atomic E-state index is 14.3. The van der Waals surface area contributed by atoms with Crippen molar-refractivity contribution in [2.75, 3.05) is 7.11 Å². The molecule has 2 aromatic carbocycles. The summed E-state index contributed by atoms with van der Waals surface area (Å²) >= 11 is 0. The summed E-state index contributed by atoms with van der Waals surface area (Å²) in [6, 6.07) is 11.2. The fourth-order valence-electron chi connectivity index (χ4n) is 2.82. The van der Waals surface area contributed by atoms with Crippen molar-refractivity contribution in [2.24, 2.45) is 10.7 Å². The number of nitrogens with zero attached hydrogens (tertiary/aromatic N) is 1. The number of amidine groups is 1. The van der Waals surface area contributed by atoms with Gasteiger partial charge in [-0.25, -0.2) is 8.78 Å². The molecule has 0 saturated carbocycles. The van der Waals surface area contributed by atoms with E-state index in [1.165, 1.54) is 12.1 Å². The maximum Gasteiger partial charge on any atom is 0.131 e. The van der Waals surface area contributed by atoms with Gasteiger partial charge in [0.25, 0.3) is 0 Å². The topological polar surface area (TPSA) is 47.6 Å². The van der Waals surface area contributed by atoms with Crippen molar-refractivity contribution < 1.29 is 13.5 Å². The smallest absolute Gasteiger partial charge is 0.131 e. The van der Waals surface area contributed by atoms with E-state index in [2.05, 4.69) is 4.99 Å². The molecule has 5 heteroatoms. The van der Waals surface area contributed by atoms with Gasteiger partial charge in [-0.3, -0.25) is 4.99 Å². The average Bonchev–Trinajstić information content (AvgIpc) is 2.61. The van der Waals surface area contributed by atoms with Gasteiger partial charge in [-0.1, -0.05) is 25.1 Å². The molecule has 0 bridgehead atoms. The van der Waals surface area contributed by atoms with Gasteiger partial charge in [0, 0.05) is 17.0 Å². The van der Waals surface area contributed by atoms with Gasteiger partial charge in [-0.05, 0) is 51.0 Å². The first-order chi connectivity index (χ1) is 12.1. The van der Waals surface area contributed by atoms with Crippen LogP contribution in [0.5, 0.6) is 5.75 Å². The molecule has 3 nitrogen and oxygen atoms in total. The lowest BCUT2D eigenvalue weighted by Gasteiger charge is -2.31. The van der Waals surface area contributed by atoms with Gasteiger partial charge in [0.05, 0.1) is 12.6 Å². The van der Waals surface area contributed by atoms with Crippen molar-refractivity contribution in [2.45, 2.75) is 45.1 Å². The molecule has 0 amide bonds. The number of hydrogen-bond donors (Lipinski definition) is 1. The fourth-order valence-corrected chi connectivity index (χ4v) is 2.82. The minimum atomic E-state index is -0.891. The molecule has 0 spiro atoms. The van der Waals surface area contributed by atoms with Crippen LogP contribution in [0.15, 0.2) is 47.5 Å². The Bertz CT molecular complexity index is 817. The van der Waals surface area contributed by atoms with Crippen molar-refractivity contribution in [3.63, 3.8) is 0 Å². The van der Waals surface area contributed by atoms with Crippen LogP contribution < -0.4 is 10.5 Å². The van der Waals surface area contributed by atoms with Gasteiger partial charge in [0.1, 0.15) is 23.2 Å². The number of ether oxygens (including phenoxy) is 1. The van der Waals surface area contributed by atoms with E-state index in [0.29, 0.717) is 17.8 Å². The van der Waals surface area contributed by atoms with Crippen LogP contribution in [0.2, 0.25) is 0 Å². The largest absolute Gasteiger partial charge is 0.497 e. The van der Waals surface area contributed by atoms with E-state index < -0.39 is 22.6 Å². The second-order valence-corrected chi connectivity index (χ2v) is 7.11. The second-order valence-electron chi connectivity index (χ2n) is 7.11. The number of rotatable bonds is 6. The third-order valence-corrected chi connectivity index (χ3v) is 5.00. The zero-order valence-electron chi connectivity index (χ0n) is 15.9. The van der Waals surface area contributed by atoms with E-state index in [4.69, 9.17) is 10.5 Å². The average molecular weight is 360 g/mol. The highest BCUT2D eigenvalue weighted by Gasteiger charge is 2.32. The lowest BCUT2D eigenvalue weighted by atomic mass is 9.82. The van der Waals surface area contributed by atoms with Crippen LogP contribution in [0.1, 0.15) is 45.2 Å². The van der Waals surface area contributed by atoms with E-state index in [1.807, 2.05) is 45.0 Å². The van der Waals surface area contributed by atoms with E-state index in [0.717, 1.165) is 17.4 Å². The van der Waals surface area contributed by atoms with Crippen molar-refractivity contribution >= 4 is 5.84 Å². The van der Waals surface area contributed by atoms with Gasteiger partial charge in [-0.15, -0.1) is 0 Å². The second kappa shape index (κ2) is 7.44. The molecule has 140 valence electrons. The number of hydrogen-bond acceptors (Lipinski definition) is 2. The lowest BCUT2D eigenvalue weighted by molar-refractivity contribution is 0.413. The van der Waals surface area contributed by atoms with Crippen LogP contribution in [-0.2, 0) is 11.0 Å². The first-order valence-electron chi connectivity index (χ1n) is 8.60. The molecule has 2 aromatic rings. The number of aliphatic imine (C=N–C) groups is 1. The third-order valence-electron chi connectivity index (χ3n) is 5.00. The third kappa shape index (κ3) is 3.87. The normalized spacial score (nSPS) is 14.8. The summed E-state index contributed by atoms with van der Waals surface area (Å²) in [6.07, 6.45) is 0.518. The molecule has 26 heavy (non-hydrogen) atoms. The zero-order valence-corrected chi connectivity index (χ0v) is 15.9. The lowest BCUT2D eigenvalue weighted by Crippen LogP contribution is -2.38. The molecular weight excluding hydrogens is 334 g/mol. The molecule has 0 aliphatic heterocycles. The van der Waals surface area contributed by atoms with Crippen molar-refractivity contribution in [1.29, 1.82) is 0 Å². The van der Waals surface area contributed by atoms with Gasteiger partial charge in [0.2, 0.25) is 0 Å². The first-order valence-corrected chi connectivity index (χ1v) is 8.60. The van der Waals surface area contributed by atoms with Gasteiger partial charge in [0.15, 0.2) is 0 Å². The summed E-state index contributed by atoms with van der Waals surface area (Å²) in [7, 11) is 1.61. The molecule has 0 heterocycles. The number of methoxy groups -OCH3 is 1. The molecule has 2 rings (SSSR count). The Morgan fingerprint density at radius 3 is 2.38 bits per heavy atom. The summed E-state index contributed by atoms with van der Waals surface area (Å²) in [4.78, 5) is 4.68. The highest BCUT2D eigenvalue weighted by atomic mass is 19.1. The Balaban J connectivity index is 2.49. The molecule has 1 atom stereocenters. The fraction of sp³-hybridized carbons (Fsp3) is 0.381. The van der Waals surface area contributed by atoms with Gasteiger partial charge < -0.3 is 10.5 Å². The molecule has 0 aliphatic rings. The minimum Gasteiger partial charge on any atom is -0.497 e. The van der Waals surface area contributed by atoms with E-state index in [9.17, 15) is 8.78 Å². The quantitative estimate of drug-likeness (QED) is 0.586. The predicted molar refractivity (Wildman–Crippen MR) is 102 cm³/mol. The highest BCUT2D eigenvalue weighted by Crippen LogP contribution is 2.34. The monoisotopic (exact) mass is 360 g/mol. The molecule has 0 aromatic heterocycles. The number of halogens is 2. The predicted octanol–water partition coefficient (Wildman–Crippen LogP) is 4.93. The first kappa shape index (κ1) is 19.9. The summed E-state index contributed by atoms with van der Waals surface area (Å²) in [5.41, 5.74) is 6.16. The molecule has 0 saturated heterocycles. The molecule has 0 aliphatic carbocycles. The summed E-state index contributed by atoms with van der Waals surface area (Å²) < 4.78 is 32.9. The van der Waals surface area contributed by atoms with Crippen LogP contribution in [0, 0.1) is 11.6 Å². The zero-order chi connectivity index (χ0) is 19.5. The number of nitrogens with two attached hydrogens (primary N) is 1. The molecule has 2 N–H and O–H groups in total. The van der Waals surface area contributed by atoms with Crippen LogP contribution in [0.25, 0.3) is 0 Å². The Morgan fingerprint density at radius 1 is 1.12 bits per heavy atom. The standard InChI is InChI=1S/C21H26F2N2O/c1-6-21(4,17-11-10-15(22)13-18(17)23)25-19(24)20(2,3)14-8-7-9-16(12-14)26-5/h7-13H,6H2,1-5H3,(H2,24,25)/t21-/m0/s1. The van der Waals surface area contributed by atoms with Crippen molar-refractivity contribution in [1.82, 2.24) is 0 Å². The van der Waals surface area contributed by atoms with Gasteiger partial charge in [-0.2, -0.15) is 0 Å². The van der Waals surface area contributed by atoms with E-state index in [1.54, 1.807) is 14.0 Å². The Hall–Kier alpha value is -2.43. The van der Waals surface area contributed by atoms with Crippen molar-refractivity contribution in [3.8, 4) is 5.75 Å². The van der Waals surface area contributed by atoms with E-state index in [-0.39, 0.29) is 0 Å².